The number of hydrogen-bond acceptors (Lipinski definition) is 0. The topological polar surface area (TPSA) is 4.36 Å². The predicted molar refractivity (Wildman–Crippen MR) is 38.3 cm³/mol. The maximum atomic E-state index is 12.6. The van der Waals surface area contributed by atoms with E-state index in [4.69, 9.17) is 6.57 Å². The summed E-state index contributed by atoms with van der Waals surface area (Å²) in [7, 11) is 0. The lowest BCUT2D eigenvalue weighted by Gasteiger charge is -2.07. The zero-order valence-corrected chi connectivity index (χ0v) is 6.18. The normalized spacial score (nSPS) is 35.3. The summed E-state index contributed by atoms with van der Waals surface area (Å²) in [6.07, 6.45) is 1.88. The first kappa shape index (κ1) is 7.53. The molecule has 0 aromatic carbocycles. The van der Waals surface area contributed by atoms with Gasteiger partial charge in [-0.2, -0.15) is 0 Å². The van der Waals surface area contributed by atoms with Crippen LogP contribution in [0.1, 0.15) is 26.2 Å². The maximum Gasteiger partial charge on any atom is 0.224 e. The minimum absolute atomic E-state index is 0.114. The standard InChI is InChI=1S/C8H12FN/c1-6(9)7-3-4-8(5-7)10-2/h6-8H,3-5H2,1H3. The summed E-state index contributed by atoms with van der Waals surface area (Å²) in [6, 6.07) is 0.114. The van der Waals surface area contributed by atoms with E-state index in [1.807, 2.05) is 0 Å². The van der Waals surface area contributed by atoms with Gasteiger partial charge < -0.3 is 4.85 Å². The lowest BCUT2D eigenvalue weighted by atomic mass is 10.0. The van der Waals surface area contributed by atoms with Crippen LogP contribution in [0.15, 0.2) is 0 Å². The number of halogens is 1. The fourth-order valence-electron chi connectivity index (χ4n) is 1.53. The van der Waals surface area contributed by atoms with Crippen LogP contribution in [-0.4, -0.2) is 12.2 Å². The van der Waals surface area contributed by atoms with E-state index >= 15 is 0 Å². The molecule has 0 bridgehead atoms. The summed E-state index contributed by atoms with van der Waals surface area (Å²) >= 11 is 0. The Labute approximate surface area is 61.1 Å². The summed E-state index contributed by atoms with van der Waals surface area (Å²) in [5.74, 6) is 0.166. The van der Waals surface area contributed by atoms with Gasteiger partial charge in [-0.3, -0.25) is 0 Å². The highest BCUT2D eigenvalue weighted by Gasteiger charge is 2.31. The minimum atomic E-state index is -0.716. The molecule has 1 nitrogen and oxygen atoms in total. The molecule has 0 aromatic rings. The SMILES string of the molecule is [C-]#[N+]C1CCC(C(C)F)C1. The van der Waals surface area contributed by atoms with Crippen molar-refractivity contribution in [1.29, 1.82) is 0 Å². The molecule has 0 aliphatic heterocycles. The molecule has 1 rings (SSSR count). The Morgan fingerprint density at radius 1 is 1.60 bits per heavy atom. The van der Waals surface area contributed by atoms with E-state index in [1.54, 1.807) is 6.92 Å². The van der Waals surface area contributed by atoms with Crippen molar-refractivity contribution in [3.63, 3.8) is 0 Å². The lowest BCUT2D eigenvalue weighted by molar-refractivity contribution is 0.252. The van der Waals surface area contributed by atoms with E-state index in [9.17, 15) is 4.39 Å². The maximum absolute atomic E-state index is 12.6. The van der Waals surface area contributed by atoms with Crippen molar-refractivity contribution in [1.82, 2.24) is 0 Å². The van der Waals surface area contributed by atoms with Crippen LogP contribution in [0.3, 0.4) is 0 Å². The molecule has 0 amide bonds. The third-order valence-corrected chi connectivity index (χ3v) is 2.28. The van der Waals surface area contributed by atoms with Crippen LogP contribution in [0.2, 0.25) is 0 Å². The van der Waals surface area contributed by atoms with E-state index in [0.29, 0.717) is 0 Å². The smallest absolute Gasteiger partial charge is 0.224 e. The van der Waals surface area contributed by atoms with Crippen LogP contribution in [0.25, 0.3) is 4.85 Å². The van der Waals surface area contributed by atoms with Gasteiger partial charge in [0, 0.05) is 12.8 Å². The average molecular weight is 141 g/mol. The largest absolute Gasteiger partial charge is 0.314 e. The van der Waals surface area contributed by atoms with Crippen molar-refractivity contribution in [2.75, 3.05) is 0 Å². The van der Waals surface area contributed by atoms with Gasteiger partial charge in [-0.15, -0.1) is 0 Å². The quantitative estimate of drug-likeness (QED) is 0.494. The number of alkyl halides is 1. The summed E-state index contributed by atoms with van der Waals surface area (Å²) in [6.45, 7) is 8.33. The Balaban J connectivity index is 2.37. The molecule has 3 atom stereocenters. The van der Waals surface area contributed by atoms with E-state index < -0.39 is 6.17 Å². The Morgan fingerprint density at radius 2 is 2.30 bits per heavy atom. The first-order valence-corrected chi connectivity index (χ1v) is 3.74. The highest BCUT2D eigenvalue weighted by atomic mass is 19.1. The van der Waals surface area contributed by atoms with E-state index in [2.05, 4.69) is 4.85 Å². The summed E-state index contributed by atoms with van der Waals surface area (Å²) in [4.78, 5) is 3.40. The average Bonchev–Trinajstić information content (AvgIpc) is 2.34. The fraction of sp³-hybridized carbons (Fsp3) is 0.875. The first-order valence-electron chi connectivity index (χ1n) is 3.74. The molecule has 1 aliphatic rings. The molecule has 0 heterocycles. The molecular weight excluding hydrogens is 129 g/mol. The number of rotatable bonds is 1. The van der Waals surface area contributed by atoms with Crippen LogP contribution in [0.4, 0.5) is 4.39 Å². The van der Waals surface area contributed by atoms with E-state index in [-0.39, 0.29) is 12.0 Å². The van der Waals surface area contributed by atoms with Crippen LogP contribution in [0, 0.1) is 12.5 Å². The van der Waals surface area contributed by atoms with Crippen molar-refractivity contribution >= 4 is 0 Å². The molecule has 0 saturated heterocycles. The molecule has 0 N–H and O–H groups in total. The van der Waals surface area contributed by atoms with Crippen molar-refractivity contribution in [2.45, 2.75) is 38.4 Å². The van der Waals surface area contributed by atoms with Gasteiger partial charge in [0.1, 0.15) is 6.17 Å². The molecule has 56 valence electrons. The van der Waals surface area contributed by atoms with E-state index in [1.165, 1.54) is 0 Å². The molecule has 0 radical (unpaired) electrons. The van der Waals surface area contributed by atoms with Crippen LogP contribution >= 0.6 is 0 Å². The Kier molecular flexibility index (Phi) is 2.26. The third kappa shape index (κ3) is 1.47. The van der Waals surface area contributed by atoms with Gasteiger partial charge >= 0.3 is 0 Å². The van der Waals surface area contributed by atoms with Gasteiger partial charge in [-0.05, 0) is 19.3 Å². The van der Waals surface area contributed by atoms with Crippen molar-refractivity contribution < 1.29 is 4.39 Å². The second-order valence-corrected chi connectivity index (χ2v) is 3.03. The van der Waals surface area contributed by atoms with Gasteiger partial charge in [0.2, 0.25) is 6.04 Å². The Morgan fingerprint density at radius 3 is 2.60 bits per heavy atom. The van der Waals surface area contributed by atoms with Gasteiger partial charge in [-0.25, -0.2) is 11.0 Å². The number of nitrogens with zero attached hydrogens (tertiary/aromatic N) is 1. The summed E-state index contributed by atoms with van der Waals surface area (Å²) < 4.78 is 12.6. The Bertz CT molecular complexity index is 148. The predicted octanol–water partition coefficient (Wildman–Crippen LogP) is 2.43. The molecule has 10 heavy (non-hydrogen) atoms. The van der Waals surface area contributed by atoms with Gasteiger partial charge in [0.25, 0.3) is 0 Å². The van der Waals surface area contributed by atoms with Crippen LogP contribution < -0.4 is 0 Å². The molecular formula is C8H12FN. The lowest BCUT2D eigenvalue weighted by Crippen LogP contribution is -2.08. The zero-order valence-electron chi connectivity index (χ0n) is 6.18. The fourth-order valence-corrected chi connectivity index (χ4v) is 1.53. The minimum Gasteiger partial charge on any atom is -0.314 e. The third-order valence-electron chi connectivity index (χ3n) is 2.28. The zero-order chi connectivity index (χ0) is 7.56. The first-order chi connectivity index (χ1) is 4.74. The van der Waals surface area contributed by atoms with Crippen LogP contribution in [-0.2, 0) is 0 Å². The number of hydrogen-bond donors (Lipinski definition) is 0. The molecule has 1 fully saturated rings. The Hall–Kier alpha value is -0.580. The summed E-state index contributed by atoms with van der Waals surface area (Å²) in [5, 5.41) is 0. The second-order valence-electron chi connectivity index (χ2n) is 3.03. The molecule has 0 spiro atoms. The summed E-state index contributed by atoms with van der Waals surface area (Å²) in [5.41, 5.74) is 0. The molecule has 3 unspecified atom stereocenters. The monoisotopic (exact) mass is 141 g/mol. The van der Waals surface area contributed by atoms with Gasteiger partial charge in [-0.1, -0.05) is 0 Å². The van der Waals surface area contributed by atoms with Crippen molar-refractivity contribution in [3.05, 3.63) is 11.4 Å². The molecule has 0 aromatic heterocycles. The van der Waals surface area contributed by atoms with Crippen LogP contribution in [0.5, 0.6) is 0 Å². The van der Waals surface area contributed by atoms with Gasteiger partial charge in [0.15, 0.2) is 0 Å². The molecule has 1 saturated carbocycles. The van der Waals surface area contributed by atoms with E-state index in [0.717, 1.165) is 19.3 Å². The van der Waals surface area contributed by atoms with Crippen molar-refractivity contribution in [2.24, 2.45) is 5.92 Å². The second kappa shape index (κ2) is 3.01. The van der Waals surface area contributed by atoms with Crippen molar-refractivity contribution in [3.8, 4) is 0 Å². The highest BCUT2D eigenvalue weighted by Crippen LogP contribution is 2.31. The molecule has 1 aliphatic carbocycles. The van der Waals surface area contributed by atoms with Gasteiger partial charge in [0.05, 0.1) is 0 Å². The molecule has 2 heteroatoms. The highest BCUT2D eigenvalue weighted by molar-refractivity contribution is 4.89.